The number of aromatic nitrogens is 3. The molecule has 0 radical (unpaired) electrons. The van der Waals surface area contributed by atoms with Crippen LogP contribution in [0.1, 0.15) is 39.2 Å². The number of rotatable bonds is 8. The Hall–Kier alpha value is -1.08. The topological polar surface area (TPSA) is 80.0 Å². The third kappa shape index (κ3) is 4.49. The predicted octanol–water partition coefficient (Wildman–Crippen LogP) is 1.23. The van der Waals surface area contributed by atoms with E-state index in [4.69, 9.17) is 0 Å². The van der Waals surface area contributed by atoms with Gasteiger partial charge in [0.2, 0.25) is 5.91 Å². The van der Waals surface area contributed by atoms with Gasteiger partial charge in [-0.25, -0.2) is 0 Å². The number of nitrogens with one attached hydrogen (secondary N) is 1. The van der Waals surface area contributed by atoms with E-state index in [-0.39, 0.29) is 18.6 Å². The first-order chi connectivity index (χ1) is 9.60. The fourth-order valence-electron chi connectivity index (χ4n) is 2.09. The van der Waals surface area contributed by atoms with Gasteiger partial charge in [0.05, 0.1) is 18.4 Å². The number of thioether (sulfide) groups is 1. The van der Waals surface area contributed by atoms with Gasteiger partial charge >= 0.3 is 0 Å². The van der Waals surface area contributed by atoms with Crippen LogP contribution >= 0.6 is 11.8 Å². The van der Waals surface area contributed by atoms with Crippen LogP contribution in [0, 0.1) is 5.92 Å². The number of aliphatic hydroxyl groups excluding tert-OH is 1. The SMILES string of the molecule is CC(C)CC(CO)NC(=O)CSc1nncn1C1CC1. The summed E-state index contributed by atoms with van der Waals surface area (Å²) in [6, 6.07) is 0.353. The van der Waals surface area contributed by atoms with Crippen molar-refractivity contribution in [3.05, 3.63) is 6.33 Å². The summed E-state index contributed by atoms with van der Waals surface area (Å²) in [6.45, 7) is 4.12. The lowest BCUT2D eigenvalue weighted by atomic mass is 10.0. The van der Waals surface area contributed by atoms with E-state index in [2.05, 4.69) is 29.4 Å². The highest BCUT2D eigenvalue weighted by Gasteiger charge is 2.26. The van der Waals surface area contributed by atoms with Crippen molar-refractivity contribution in [1.29, 1.82) is 0 Å². The molecule has 2 rings (SSSR count). The molecule has 0 saturated heterocycles. The molecule has 1 saturated carbocycles. The summed E-state index contributed by atoms with van der Waals surface area (Å²) < 4.78 is 2.04. The second kappa shape index (κ2) is 7.08. The van der Waals surface area contributed by atoms with Crippen LogP contribution in [0.3, 0.4) is 0 Å². The lowest BCUT2D eigenvalue weighted by molar-refractivity contribution is -0.119. The maximum atomic E-state index is 11.9. The fourth-order valence-corrected chi connectivity index (χ4v) is 2.88. The number of amides is 1. The number of carbonyl (C=O) groups is 1. The lowest BCUT2D eigenvalue weighted by Crippen LogP contribution is -2.39. The summed E-state index contributed by atoms with van der Waals surface area (Å²) >= 11 is 1.40. The molecule has 112 valence electrons. The predicted molar refractivity (Wildman–Crippen MR) is 77.5 cm³/mol. The molecule has 1 aromatic rings. The number of nitrogens with zero attached hydrogens (tertiary/aromatic N) is 3. The van der Waals surface area contributed by atoms with Gasteiger partial charge in [0.1, 0.15) is 6.33 Å². The van der Waals surface area contributed by atoms with Crippen LogP contribution < -0.4 is 5.32 Å². The van der Waals surface area contributed by atoms with Gasteiger partial charge in [0.25, 0.3) is 0 Å². The summed E-state index contributed by atoms with van der Waals surface area (Å²) in [4.78, 5) is 11.9. The van der Waals surface area contributed by atoms with Crippen LogP contribution in [-0.4, -0.2) is 44.2 Å². The summed E-state index contributed by atoms with van der Waals surface area (Å²) in [7, 11) is 0. The average molecular weight is 298 g/mol. The highest BCUT2D eigenvalue weighted by Crippen LogP contribution is 2.37. The average Bonchev–Trinajstić information content (AvgIpc) is 3.14. The van der Waals surface area contributed by atoms with Crippen LogP contribution in [0.25, 0.3) is 0 Å². The number of hydrogen-bond acceptors (Lipinski definition) is 5. The Kier molecular flexibility index (Phi) is 5.42. The molecule has 1 unspecified atom stereocenters. The smallest absolute Gasteiger partial charge is 0.230 e. The Morgan fingerprint density at radius 3 is 2.95 bits per heavy atom. The molecule has 1 fully saturated rings. The summed E-state index contributed by atoms with van der Waals surface area (Å²) in [5.74, 6) is 0.679. The molecule has 7 heteroatoms. The quantitative estimate of drug-likeness (QED) is 0.706. The van der Waals surface area contributed by atoms with Crippen molar-refractivity contribution in [3.63, 3.8) is 0 Å². The van der Waals surface area contributed by atoms with E-state index in [9.17, 15) is 9.90 Å². The Balaban J connectivity index is 1.78. The van der Waals surface area contributed by atoms with Crippen LogP contribution in [0.15, 0.2) is 11.5 Å². The Morgan fingerprint density at radius 1 is 1.60 bits per heavy atom. The molecular formula is C13H22N4O2S. The maximum absolute atomic E-state index is 11.9. The van der Waals surface area contributed by atoms with Crippen LogP contribution in [0.2, 0.25) is 0 Å². The van der Waals surface area contributed by atoms with E-state index in [0.29, 0.717) is 17.7 Å². The van der Waals surface area contributed by atoms with Gasteiger partial charge in [-0.3, -0.25) is 4.79 Å². The van der Waals surface area contributed by atoms with Crippen molar-refractivity contribution in [3.8, 4) is 0 Å². The first kappa shape index (κ1) is 15.3. The molecule has 0 spiro atoms. The molecule has 1 aliphatic rings. The summed E-state index contributed by atoms with van der Waals surface area (Å²) in [6.07, 6.45) is 4.84. The first-order valence-corrected chi connectivity index (χ1v) is 8.01. The van der Waals surface area contributed by atoms with Gasteiger partial charge < -0.3 is 15.0 Å². The molecule has 0 bridgehead atoms. The van der Waals surface area contributed by atoms with Crippen LogP contribution in [-0.2, 0) is 4.79 Å². The van der Waals surface area contributed by atoms with Crippen molar-refractivity contribution in [1.82, 2.24) is 20.1 Å². The standard InChI is InChI=1S/C13H22N4O2S/c1-9(2)5-10(6-18)15-12(19)7-20-13-16-14-8-17(13)11-3-4-11/h8-11,18H,3-7H2,1-2H3,(H,15,19). The van der Waals surface area contributed by atoms with Gasteiger partial charge in [0, 0.05) is 6.04 Å². The minimum absolute atomic E-state index is 0.0210. The van der Waals surface area contributed by atoms with Gasteiger partial charge in [-0.1, -0.05) is 25.6 Å². The molecular weight excluding hydrogens is 276 g/mol. The fraction of sp³-hybridized carbons (Fsp3) is 0.769. The monoisotopic (exact) mass is 298 g/mol. The zero-order valence-electron chi connectivity index (χ0n) is 12.0. The molecule has 2 N–H and O–H groups in total. The normalized spacial score (nSPS) is 16.4. The minimum Gasteiger partial charge on any atom is -0.394 e. The summed E-state index contributed by atoms with van der Waals surface area (Å²) in [5.41, 5.74) is 0. The van der Waals surface area contributed by atoms with Crippen LogP contribution in [0.5, 0.6) is 0 Å². The van der Waals surface area contributed by atoms with Gasteiger partial charge in [0.15, 0.2) is 5.16 Å². The molecule has 0 aliphatic heterocycles. The van der Waals surface area contributed by atoms with Crippen molar-refractivity contribution in [2.75, 3.05) is 12.4 Å². The zero-order chi connectivity index (χ0) is 14.5. The molecule has 1 heterocycles. The molecule has 1 amide bonds. The number of hydrogen-bond donors (Lipinski definition) is 2. The molecule has 1 aromatic heterocycles. The summed E-state index contributed by atoms with van der Waals surface area (Å²) in [5, 5.41) is 20.9. The molecule has 20 heavy (non-hydrogen) atoms. The third-order valence-electron chi connectivity index (χ3n) is 3.15. The Labute approximate surface area is 123 Å². The van der Waals surface area contributed by atoms with Crippen molar-refractivity contribution < 1.29 is 9.90 Å². The van der Waals surface area contributed by atoms with E-state index in [0.717, 1.165) is 11.6 Å². The maximum Gasteiger partial charge on any atom is 0.230 e. The van der Waals surface area contributed by atoms with E-state index < -0.39 is 0 Å². The Bertz CT molecular complexity index is 445. The van der Waals surface area contributed by atoms with Crippen LogP contribution in [0.4, 0.5) is 0 Å². The van der Waals surface area contributed by atoms with Crippen molar-refractivity contribution in [2.45, 2.75) is 50.4 Å². The van der Waals surface area contributed by atoms with Gasteiger partial charge in [-0.2, -0.15) is 0 Å². The van der Waals surface area contributed by atoms with Gasteiger partial charge in [-0.05, 0) is 25.2 Å². The van der Waals surface area contributed by atoms with E-state index >= 15 is 0 Å². The number of carbonyl (C=O) groups excluding carboxylic acids is 1. The minimum atomic E-state index is -0.163. The second-order valence-electron chi connectivity index (χ2n) is 5.62. The largest absolute Gasteiger partial charge is 0.394 e. The Morgan fingerprint density at radius 2 is 2.35 bits per heavy atom. The first-order valence-electron chi connectivity index (χ1n) is 7.02. The van der Waals surface area contributed by atoms with E-state index in [1.54, 1.807) is 6.33 Å². The molecule has 1 aliphatic carbocycles. The van der Waals surface area contributed by atoms with E-state index in [1.165, 1.54) is 24.6 Å². The van der Waals surface area contributed by atoms with Crippen molar-refractivity contribution in [2.24, 2.45) is 5.92 Å². The third-order valence-corrected chi connectivity index (χ3v) is 4.11. The molecule has 6 nitrogen and oxygen atoms in total. The highest BCUT2D eigenvalue weighted by molar-refractivity contribution is 7.99. The lowest BCUT2D eigenvalue weighted by Gasteiger charge is -2.18. The molecule has 1 atom stereocenters. The van der Waals surface area contributed by atoms with Gasteiger partial charge in [-0.15, -0.1) is 10.2 Å². The van der Waals surface area contributed by atoms with Crippen molar-refractivity contribution >= 4 is 17.7 Å². The second-order valence-corrected chi connectivity index (χ2v) is 6.56. The molecule has 0 aromatic carbocycles. The number of aliphatic hydroxyl groups is 1. The van der Waals surface area contributed by atoms with E-state index in [1.807, 2.05) is 4.57 Å². The highest BCUT2D eigenvalue weighted by atomic mass is 32.2. The zero-order valence-corrected chi connectivity index (χ0v) is 12.8.